The van der Waals surface area contributed by atoms with E-state index in [1.54, 1.807) is 0 Å². The van der Waals surface area contributed by atoms with Gasteiger partial charge in [0.15, 0.2) is 0 Å². The highest BCUT2D eigenvalue weighted by Gasteiger charge is 2.29. The number of alkyl halides is 3. The molecular formula is C9H6ClF3. The summed E-state index contributed by atoms with van der Waals surface area (Å²) in [4.78, 5) is 0. The molecule has 70 valence electrons. The summed E-state index contributed by atoms with van der Waals surface area (Å²) < 4.78 is 37.3. The summed E-state index contributed by atoms with van der Waals surface area (Å²) in [5, 5.41) is -3.49. The minimum absolute atomic E-state index is 0.126. The molecule has 0 amide bonds. The Hall–Kier alpha value is -0.960. The smallest absolute Gasteiger partial charge is 0.207 e. The number of benzene rings is 1. The molecule has 0 heterocycles. The molecule has 4 heteroatoms. The van der Waals surface area contributed by atoms with Crippen LogP contribution in [0.1, 0.15) is 5.56 Å². The van der Waals surface area contributed by atoms with Crippen molar-refractivity contribution < 1.29 is 13.2 Å². The largest absolute Gasteiger partial charge is 0.348 e. The summed E-state index contributed by atoms with van der Waals surface area (Å²) in [5.41, 5.74) is -0.407. The first-order chi connectivity index (χ1) is 5.91. The molecule has 0 atom stereocenters. The fourth-order valence-corrected chi connectivity index (χ4v) is 0.924. The molecule has 0 aliphatic rings. The number of halogens is 4. The summed E-state index contributed by atoms with van der Waals surface area (Å²) >= 11 is 4.73. The first-order valence-electron chi connectivity index (χ1n) is 3.43. The second kappa shape index (κ2) is 3.42. The van der Waals surface area contributed by atoms with Gasteiger partial charge in [0.25, 0.3) is 0 Å². The molecule has 1 aromatic rings. The van der Waals surface area contributed by atoms with E-state index in [4.69, 9.17) is 11.6 Å². The van der Waals surface area contributed by atoms with Crippen LogP contribution in [-0.4, -0.2) is 5.38 Å². The molecule has 0 aromatic heterocycles. The van der Waals surface area contributed by atoms with Crippen LogP contribution >= 0.6 is 11.6 Å². The van der Waals surface area contributed by atoms with Gasteiger partial charge in [0, 0.05) is 5.57 Å². The lowest BCUT2D eigenvalue weighted by atomic mass is 10.1. The van der Waals surface area contributed by atoms with E-state index in [0.717, 1.165) is 12.1 Å². The average Bonchev–Trinajstić information content (AvgIpc) is 2.03. The van der Waals surface area contributed by atoms with Crippen molar-refractivity contribution in [2.45, 2.75) is 5.38 Å². The van der Waals surface area contributed by atoms with E-state index in [1.165, 1.54) is 12.1 Å². The van der Waals surface area contributed by atoms with Gasteiger partial charge in [-0.3, -0.25) is 0 Å². The van der Waals surface area contributed by atoms with Gasteiger partial charge >= 0.3 is 5.38 Å². The highest BCUT2D eigenvalue weighted by atomic mass is 35.5. The van der Waals surface area contributed by atoms with Gasteiger partial charge in [-0.15, -0.1) is 0 Å². The Labute approximate surface area is 78.6 Å². The van der Waals surface area contributed by atoms with Crippen molar-refractivity contribution in [3.8, 4) is 0 Å². The summed E-state index contributed by atoms with van der Waals surface area (Å²) in [6.07, 6.45) is 0. The van der Waals surface area contributed by atoms with Gasteiger partial charge in [0.05, 0.1) is 0 Å². The highest BCUT2D eigenvalue weighted by molar-refractivity contribution is 6.27. The molecule has 0 aliphatic carbocycles. The Morgan fingerprint density at radius 2 is 1.69 bits per heavy atom. The predicted octanol–water partition coefficient (Wildman–Crippen LogP) is 3.67. The molecular weight excluding hydrogens is 201 g/mol. The fraction of sp³-hybridized carbons (Fsp3) is 0.111. The zero-order valence-corrected chi connectivity index (χ0v) is 7.28. The first-order valence-corrected chi connectivity index (χ1v) is 3.81. The Morgan fingerprint density at radius 3 is 2.08 bits per heavy atom. The monoisotopic (exact) mass is 206 g/mol. The fourth-order valence-electron chi connectivity index (χ4n) is 0.815. The second-order valence-corrected chi connectivity index (χ2v) is 2.96. The Morgan fingerprint density at radius 1 is 1.23 bits per heavy atom. The van der Waals surface area contributed by atoms with Gasteiger partial charge in [-0.05, 0) is 29.3 Å². The van der Waals surface area contributed by atoms with Crippen molar-refractivity contribution in [2.75, 3.05) is 0 Å². The first kappa shape index (κ1) is 10.1. The normalized spacial score (nSPS) is 11.4. The SMILES string of the molecule is C=C(c1ccc(F)cc1)C(F)(F)Cl. The van der Waals surface area contributed by atoms with Crippen LogP contribution in [0, 0.1) is 5.82 Å². The van der Waals surface area contributed by atoms with Gasteiger partial charge in [-0.25, -0.2) is 4.39 Å². The molecule has 0 N–H and O–H groups in total. The third-order valence-corrected chi connectivity index (χ3v) is 1.76. The van der Waals surface area contributed by atoms with Crippen molar-refractivity contribution in [1.82, 2.24) is 0 Å². The van der Waals surface area contributed by atoms with E-state index in [0.29, 0.717) is 0 Å². The highest BCUT2D eigenvalue weighted by Crippen LogP contribution is 2.34. The van der Waals surface area contributed by atoms with Crippen LogP contribution in [0.5, 0.6) is 0 Å². The molecule has 0 saturated heterocycles. The maximum Gasteiger partial charge on any atom is 0.348 e. The number of rotatable bonds is 2. The van der Waals surface area contributed by atoms with Crippen molar-refractivity contribution in [3.05, 3.63) is 42.2 Å². The molecule has 0 unspecified atom stereocenters. The lowest BCUT2D eigenvalue weighted by Gasteiger charge is -2.10. The summed E-state index contributed by atoms with van der Waals surface area (Å²) in [6, 6.07) is 4.55. The molecule has 0 fully saturated rings. The molecule has 0 saturated carbocycles. The quantitative estimate of drug-likeness (QED) is 0.648. The van der Waals surface area contributed by atoms with Crippen molar-refractivity contribution in [2.24, 2.45) is 0 Å². The Balaban J connectivity index is 2.97. The lowest BCUT2D eigenvalue weighted by Crippen LogP contribution is -2.07. The second-order valence-electron chi connectivity index (χ2n) is 2.48. The maximum absolute atomic E-state index is 12.5. The van der Waals surface area contributed by atoms with Crippen LogP contribution in [0.3, 0.4) is 0 Å². The zero-order valence-electron chi connectivity index (χ0n) is 6.53. The topological polar surface area (TPSA) is 0 Å². The molecule has 13 heavy (non-hydrogen) atoms. The van der Waals surface area contributed by atoms with Crippen LogP contribution in [-0.2, 0) is 0 Å². The van der Waals surface area contributed by atoms with E-state index in [9.17, 15) is 13.2 Å². The van der Waals surface area contributed by atoms with Crippen LogP contribution in [0.15, 0.2) is 30.8 Å². The minimum Gasteiger partial charge on any atom is -0.207 e. The molecule has 1 aromatic carbocycles. The third-order valence-electron chi connectivity index (χ3n) is 1.53. The Bertz CT molecular complexity index is 311. The summed E-state index contributed by atoms with van der Waals surface area (Å²) in [7, 11) is 0. The number of hydrogen-bond donors (Lipinski definition) is 0. The summed E-state index contributed by atoms with van der Waals surface area (Å²) in [6.45, 7) is 3.12. The number of hydrogen-bond acceptors (Lipinski definition) is 0. The minimum atomic E-state index is -3.49. The van der Waals surface area contributed by atoms with E-state index < -0.39 is 16.8 Å². The molecule has 0 radical (unpaired) electrons. The van der Waals surface area contributed by atoms with Crippen molar-refractivity contribution in [1.29, 1.82) is 0 Å². The van der Waals surface area contributed by atoms with Gasteiger partial charge in [-0.2, -0.15) is 8.78 Å². The number of allylic oxidation sites excluding steroid dienone is 1. The van der Waals surface area contributed by atoms with E-state index in [-0.39, 0.29) is 5.56 Å². The molecule has 1 rings (SSSR count). The molecule has 0 nitrogen and oxygen atoms in total. The van der Waals surface area contributed by atoms with Gasteiger partial charge in [0.1, 0.15) is 5.82 Å². The standard InChI is InChI=1S/C9H6ClF3/c1-6(9(10,12)13)7-2-4-8(11)5-3-7/h2-5H,1H2. The lowest BCUT2D eigenvalue weighted by molar-refractivity contribution is 0.165. The van der Waals surface area contributed by atoms with E-state index in [2.05, 4.69) is 6.58 Å². The van der Waals surface area contributed by atoms with Crippen LogP contribution in [0.25, 0.3) is 5.57 Å². The van der Waals surface area contributed by atoms with Gasteiger partial charge in [0.2, 0.25) is 0 Å². The van der Waals surface area contributed by atoms with E-state index in [1.807, 2.05) is 0 Å². The van der Waals surface area contributed by atoms with E-state index >= 15 is 0 Å². The Kier molecular flexibility index (Phi) is 2.66. The zero-order chi connectivity index (χ0) is 10.1. The van der Waals surface area contributed by atoms with Crippen LogP contribution in [0.2, 0.25) is 0 Å². The molecule has 0 aliphatic heterocycles. The van der Waals surface area contributed by atoms with Crippen LogP contribution in [0.4, 0.5) is 13.2 Å². The maximum atomic E-state index is 12.5. The average molecular weight is 207 g/mol. The van der Waals surface area contributed by atoms with Crippen LogP contribution < -0.4 is 0 Å². The molecule has 0 spiro atoms. The predicted molar refractivity (Wildman–Crippen MR) is 46.2 cm³/mol. The third kappa shape index (κ3) is 2.49. The summed E-state index contributed by atoms with van der Waals surface area (Å²) in [5.74, 6) is -0.491. The van der Waals surface area contributed by atoms with Crippen molar-refractivity contribution in [3.63, 3.8) is 0 Å². The van der Waals surface area contributed by atoms with Gasteiger partial charge in [-0.1, -0.05) is 18.7 Å². The van der Waals surface area contributed by atoms with Crippen molar-refractivity contribution >= 4 is 17.2 Å². The molecule has 0 bridgehead atoms. The van der Waals surface area contributed by atoms with Gasteiger partial charge < -0.3 is 0 Å².